The molecule has 2 atom stereocenters. The molecular formula is C22H24N2O. The van der Waals surface area contributed by atoms with E-state index in [1.165, 1.54) is 23.8 Å². The Kier molecular flexibility index (Phi) is 4.77. The van der Waals surface area contributed by atoms with Gasteiger partial charge in [-0.25, -0.2) is 4.98 Å². The second-order valence-corrected chi connectivity index (χ2v) is 6.88. The molecule has 0 aliphatic heterocycles. The van der Waals surface area contributed by atoms with E-state index in [0.29, 0.717) is 6.61 Å². The summed E-state index contributed by atoms with van der Waals surface area (Å²) >= 11 is 0. The summed E-state index contributed by atoms with van der Waals surface area (Å²) in [7, 11) is 0. The van der Waals surface area contributed by atoms with Crippen molar-refractivity contribution in [3.8, 4) is 11.3 Å². The SMILES string of the molecule is NC1CCCCC1OCc1ccc(-c2ccc3ccccc3n2)cc1. The van der Waals surface area contributed by atoms with E-state index in [1.807, 2.05) is 12.1 Å². The average Bonchev–Trinajstić information content (AvgIpc) is 2.67. The Hall–Kier alpha value is -2.23. The minimum Gasteiger partial charge on any atom is -0.372 e. The van der Waals surface area contributed by atoms with Crippen LogP contribution in [0.25, 0.3) is 22.2 Å². The lowest BCUT2D eigenvalue weighted by atomic mass is 9.93. The molecule has 0 spiro atoms. The first kappa shape index (κ1) is 16.2. The van der Waals surface area contributed by atoms with Crippen LogP contribution in [0.1, 0.15) is 31.2 Å². The number of hydrogen-bond donors (Lipinski definition) is 1. The molecule has 1 fully saturated rings. The van der Waals surface area contributed by atoms with Crippen LogP contribution in [0.15, 0.2) is 60.7 Å². The number of ether oxygens (including phenoxy) is 1. The molecule has 2 unspecified atom stereocenters. The molecule has 1 aromatic heterocycles. The number of nitrogens with zero attached hydrogens (tertiary/aromatic N) is 1. The number of benzene rings is 2. The van der Waals surface area contributed by atoms with E-state index < -0.39 is 0 Å². The summed E-state index contributed by atoms with van der Waals surface area (Å²) in [6.45, 7) is 0.629. The van der Waals surface area contributed by atoms with E-state index in [2.05, 4.69) is 48.5 Å². The molecule has 1 heterocycles. The van der Waals surface area contributed by atoms with Gasteiger partial charge in [0.2, 0.25) is 0 Å². The van der Waals surface area contributed by atoms with Gasteiger partial charge in [0.05, 0.1) is 23.9 Å². The number of nitrogens with two attached hydrogens (primary N) is 1. The van der Waals surface area contributed by atoms with Crippen LogP contribution in [0.2, 0.25) is 0 Å². The first-order valence-corrected chi connectivity index (χ1v) is 9.12. The Morgan fingerprint density at radius 3 is 2.56 bits per heavy atom. The Morgan fingerprint density at radius 2 is 1.72 bits per heavy atom. The van der Waals surface area contributed by atoms with Crippen molar-refractivity contribution in [2.24, 2.45) is 5.73 Å². The van der Waals surface area contributed by atoms with Gasteiger partial charge in [0.15, 0.2) is 0 Å². The summed E-state index contributed by atoms with van der Waals surface area (Å²) in [4.78, 5) is 4.76. The van der Waals surface area contributed by atoms with Crippen LogP contribution in [-0.4, -0.2) is 17.1 Å². The average molecular weight is 332 g/mol. The largest absolute Gasteiger partial charge is 0.372 e. The third kappa shape index (κ3) is 3.73. The van der Waals surface area contributed by atoms with Crippen molar-refractivity contribution in [3.63, 3.8) is 0 Å². The van der Waals surface area contributed by atoms with E-state index in [1.54, 1.807) is 0 Å². The number of pyridine rings is 1. The van der Waals surface area contributed by atoms with E-state index in [-0.39, 0.29) is 12.1 Å². The van der Waals surface area contributed by atoms with Crippen molar-refractivity contribution in [1.29, 1.82) is 0 Å². The summed E-state index contributed by atoms with van der Waals surface area (Å²) in [5, 5.41) is 1.17. The van der Waals surface area contributed by atoms with Crippen LogP contribution in [0.5, 0.6) is 0 Å². The van der Waals surface area contributed by atoms with Crippen LogP contribution in [0.3, 0.4) is 0 Å². The molecule has 1 aliphatic carbocycles. The van der Waals surface area contributed by atoms with Crippen molar-refractivity contribution in [2.45, 2.75) is 44.4 Å². The zero-order valence-corrected chi connectivity index (χ0v) is 14.4. The quantitative estimate of drug-likeness (QED) is 0.754. The smallest absolute Gasteiger partial charge is 0.0730 e. The van der Waals surface area contributed by atoms with Gasteiger partial charge in [-0.15, -0.1) is 0 Å². The van der Waals surface area contributed by atoms with Crippen LogP contribution < -0.4 is 5.73 Å². The summed E-state index contributed by atoms with van der Waals surface area (Å²) in [6, 6.07) is 21.1. The number of fused-ring (bicyclic) bond motifs is 1. The Bertz CT molecular complexity index is 844. The van der Waals surface area contributed by atoms with Crippen LogP contribution in [-0.2, 0) is 11.3 Å². The molecule has 0 saturated heterocycles. The number of rotatable bonds is 4. The fourth-order valence-electron chi connectivity index (χ4n) is 3.53. The van der Waals surface area contributed by atoms with Gasteiger partial charge in [-0.05, 0) is 30.5 Å². The first-order chi connectivity index (χ1) is 12.3. The molecule has 3 nitrogen and oxygen atoms in total. The maximum atomic E-state index is 6.16. The standard InChI is InChI=1S/C22H24N2O/c23-19-6-2-4-8-22(19)25-15-16-9-11-18(12-10-16)21-14-13-17-5-1-3-7-20(17)24-21/h1,3,5,7,9-14,19,22H,2,4,6,8,15,23H2. The summed E-state index contributed by atoms with van der Waals surface area (Å²) in [5.41, 5.74) is 10.5. The second kappa shape index (κ2) is 7.34. The maximum Gasteiger partial charge on any atom is 0.0730 e. The highest BCUT2D eigenvalue weighted by molar-refractivity contribution is 5.81. The molecule has 1 aliphatic rings. The van der Waals surface area contributed by atoms with Gasteiger partial charge in [-0.1, -0.05) is 61.4 Å². The van der Waals surface area contributed by atoms with Gasteiger partial charge in [0.25, 0.3) is 0 Å². The van der Waals surface area contributed by atoms with Gasteiger partial charge in [0.1, 0.15) is 0 Å². The predicted octanol–water partition coefficient (Wildman–Crippen LogP) is 4.69. The molecule has 25 heavy (non-hydrogen) atoms. The second-order valence-electron chi connectivity index (χ2n) is 6.88. The van der Waals surface area contributed by atoms with E-state index >= 15 is 0 Å². The van der Waals surface area contributed by atoms with Crippen LogP contribution in [0, 0.1) is 0 Å². The summed E-state index contributed by atoms with van der Waals surface area (Å²) < 4.78 is 6.04. The Balaban J connectivity index is 1.45. The monoisotopic (exact) mass is 332 g/mol. The maximum absolute atomic E-state index is 6.16. The van der Waals surface area contributed by atoms with Crippen LogP contribution >= 0.6 is 0 Å². The summed E-state index contributed by atoms with van der Waals surface area (Å²) in [6.07, 6.45) is 4.83. The predicted molar refractivity (Wildman–Crippen MR) is 102 cm³/mol. The van der Waals surface area contributed by atoms with E-state index in [4.69, 9.17) is 15.5 Å². The number of aromatic nitrogens is 1. The lowest BCUT2D eigenvalue weighted by Crippen LogP contribution is -2.39. The molecular weight excluding hydrogens is 308 g/mol. The molecule has 0 radical (unpaired) electrons. The fraction of sp³-hybridized carbons (Fsp3) is 0.318. The van der Waals surface area contributed by atoms with Gasteiger partial charge in [-0.3, -0.25) is 0 Å². The molecule has 3 heteroatoms. The third-order valence-electron chi connectivity index (χ3n) is 5.07. The van der Waals surface area contributed by atoms with E-state index in [0.717, 1.165) is 29.6 Å². The zero-order chi connectivity index (χ0) is 17.1. The first-order valence-electron chi connectivity index (χ1n) is 9.12. The minimum absolute atomic E-state index is 0.190. The van der Waals surface area contributed by atoms with Crippen molar-refractivity contribution >= 4 is 10.9 Å². The van der Waals surface area contributed by atoms with Crippen molar-refractivity contribution in [2.75, 3.05) is 0 Å². The Labute approximate surface area is 148 Å². The molecule has 3 aromatic rings. The van der Waals surface area contributed by atoms with Gasteiger partial charge in [0, 0.05) is 17.0 Å². The third-order valence-corrected chi connectivity index (χ3v) is 5.07. The number of para-hydroxylation sites is 1. The summed E-state index contributed by atoms with van der Waals surface area (Å²) in [5.74, 6) is 0. The molecule has 2 aromatic carbocycles. The van der Waals surface area contributed by atoms with E-state index in [9.17, 15) is 0 Å². The molecule has 128 valence electrons. The van der Waals surface area contributed by atoms with Crippen molar-refractivity contribution < 1.29 is 4.74 Å². The molecule has 1 saturated carbocycles. The van der Waals surface area contributed by atoms with Crippen molar-refractivity contribution in [1.82, 2.24) is 4.98 Å². The molecule has 0 amide bonds. The molecule has 0 bridgehead atoms. The van der Waals surface area contributed by atoms with Gasteiger partial charge < -0.3 is 10.5 Å². The lowest BCUT2D eigenvalue weighted by Gasteiger charge is -2.28. The minimum atomic E-state index is 0.190. The number of hydrogen-bond acceptors (Lipinski definition) is 3. The topological polar surface area (TPSA) is 48.1 Å². The normalized spacial score (nSPS) is 20.7. The zero-order valence-electron chi connectivity index (χ0n) is 14.4. The molecule has 4 rings (SSSR count). The lowest BCUT2D eigenvalue weighted by molar-refractivity contribution is 0.00405. The highest BCUT2D eigenvalue weighted by atomic mass is 16.5. The highest BCUT2D eigenvalue weighted by Crippen LogP contribution is 2.23. The highest BCUT2D eigenvalue weighted by Gasteiger charge is 2.22. The molecule has 2 N–H and O–H groups in total. The van der Waals surface area contributed by atoms with Gasteiger partial charge in [-0.2, -0.15) is 0 Å². The Morgan fingerprint density at radius 1 is 0.920 bits per heavy atom. The van der Waals surface area contributed by atoms with Crippen LogP contribution in [0.4, 0.5) is 0 Å². The fourth-order valence-corrected chi connectivity index (χ4v) is 3.53. The van der Waals surface area contributed by atoms with Crippen molar-refractivity contribution in [3.05, 3.63) is 66.2 Å². The van der Waals surface area contributed by atoms with Gasteiger partial charge >= 0.3 is 0 Å².